The number of nitrogens with zero attached hydrogens (tertiary/aromatic N) is 1. The molecule has 2 aromatic carbocycles. The quantitative estimate of drug-likeness (QED) is 0.655. The molecular formula is C22H27N3O6S. The van der Waals surface area contributed by atoms with Crippen molar-refractivity contribution < 1.29 is 27.4 Å². The number of hydrogen-bond donors (Lipinski definition) is 2. The molecule has 1 atom stereocenters. The zero-order valence-electron chi connectivity index (χ0n) is 18.5. The Labute approximate surface area is 187 Å². The lowest BCUT2D eigenvalue weighted by Gasteiger charge is -2.37. The maximum Gasteiger partial charge on any atom is 0.319 e. The summed E-state index contributed by atoms with van der Waals surface area (Å²) in [6, 6.07) is 12.4. The lowest BCUT2D eigenvalue weighted by atomic mass is 9.98. The fraction of sp³-hybridized carbons (Fsp3) is 0.409. The van der Waals surface area contributed by atoms with Crippen molar-refractivity contribution in [3.8, 4) is 17.2 Å². The number of benzene rings is 2. The van der Waals surface area contributed by atoms with E-state index in [0.29, 0.717) is 30.0 Å². The summed E-state index contributed by atoms with van der Waals surface area (Å²) in [5, 5.41) is 2.79. The molecule has 0 bridgehead atoms. The molecule has 4 rings (SSSR count). The largest absolute Gasteiger partial charge is 0.497 e. The van der Waals surface area contributed by atoms with Crippen molar-refractivity contribution in [1.82, 2.24) is 14.9 Å². The molecule has 1 saturated heterocycles. The molecule has 10 heteroatoms. The summed E-state index contributed by atoms with van der Waals surface area (Å²) < 4.78 is 44.2. The van der Waals surface area contributed by atoms with Gasteiger partial charge < -0.3 is 19.5 Å². The van der Waals surface area contributed by atoms with Gasteiger partial charge in [-0.2, -0.15) is 4.72 Å². The predicted octanol–water partition coefficient (Wildman–Crippen LogP) is 2.17. The van der Waals surface area contributed by atoms with Gasteiger partial charge in [0.15, 0.2) is 17.2 Å². The van der Waals surface area contributed by atoms with Gasteiger partial charge in [0, 0.05) is 20.4 Å². The fourth-order valence-corrected chi connectivity index (χ4v) is 5.00. The highest BCUT2D eigenvalue weighted by Crippen LogP contribution is 2.42. The third-order valence-electron chi connectivity index (χ3n) is 5.47. The van der Waals surface area contributed by atoms with Crippen molar-refractivity contribution in [2.75, 3.05) is 26.5 Å². The lowest BCUT2D eigenvalue weighted by Crippen LogP contribution is -2.57. The van der Waals surface area contributed by atoms with Crippen molar-refractivity contribution >= 4 is 16.1 Å². The Hall–Kier alpha value is -2.98. The number of carbonyl (C=O) groups excluding carboxylic acids is 1. The molecule has 1 fully saturated rings. The van der Waals surface area contributed by atoms with Gasteiger partial charge in [-0.15, -0.1) is 0 Å². The molecule has 1 unspecified atom stereocenters. The number of fused-ring (bicyclic) bond motifs is 1. The number of rotatable bonds is 7. The normalized spacial score (nSPS) is 21.5. The lowest BCUT2D eigenvalue weighted by molar-refractivity contribution is -0.0432. The predicted molar refractivity (Wildman–Crippen MR) is 118 cm³/mol. The maximum atomic E-state index is 12.8. The van der Waals surface area contributed by atoms with Crippen LogP contribution in [0.2, 0.25) is 0 Å². The van der Waals surface area contributed by atoms with Crippen LogP contribution in [0.5, 0.6) is 17.2 Å². The second-order valence-electron chi connectivity index (χ2n) is 8.41. The molecule has 2 amide bonds. The SMILES string of the molecule is COc1ccc(CCN2C(=O)NCC2(NS(C)(=O)=O)c2ccc3c(c2)OC(C)(C)O3)cc1. The monoisotopic (exact) mass is 461 g/mol. The number of hydrogen-bond acceptors (Lipinski definition) is 6. The number of ether oxygens (including phenoxy) is 3. The van der Waals surface area contributed by atoms with Gasteiger partial charge in [-0.05, 0) is 41.8 Å². The second kappa shape index (κ2) is 7.86. The highest BCUT2D eigenvalue weighted by atomic mass is 32.2. The van der Waals surface area contributed by atoms with Crippen molar-refractivity contribution in [3.63, 3.8) is 0 Å². The van der Waals surface area contributed by atoms with Crippen LogP contribution in [0.1, 0.15) is 25.0 Å². The van der Waals surface area contributed by atoms with Crippen LogP contribution in [0.3, 0.4) is 0 Å². The summed E-state index contributed by atoms with van der Waals surface area (Å²) in [5.74, 6) is 0.979. The molecule has 0 aromatic heterocycles. The van der Waals surface area contributed by atoms with Crippen molar-refractivity contribution in [3.05, 3.63) is 53.6 Å². The summed E-state index contributed by atoms with van der Waals surface area (Å²) in [5.41, 5.74) is 0.268. The number of methoxy groups -OCH3 is 1. The zero-order valence-corrected chi connectivity index (χ0v) is 19.3. The smallest absolute Gasteiger partial charge is 0.319 e. The Morgan fingerprint density at radius 3 is 2.47 bits per heavy atom. The van der Waals surface area contributed by atoms with Crippen LogP contribution in [-0.4, -0.2) is 51.6 Å². The molecule has 0 spiro atoms. The molecule has 0 saturated carbocycles. The first kappa shape index (κ1) is 22.2. The number of amides is 2. The minimum Gasteiger partial charge on any atom is -0.497 e. The number of nitrogens with one attached hydrogen (secondary N) is 2. The van der Waals surface area contributed by atoms with Gasteiger partial charge in [-0.1, -0.05) is 18.2 Å². The molecule has 172 valence electrons. The van der Waals surface area contributed by atoms with Crippen LogP contribution in [0.25, 0.3) is 0 Å². The van der Waals surface area contributed by atoms with Gasteiger partial charge >= 0.3 is 6.03 Å². The van der Waals surface area contributed by atoms with Crippen molar-refractivity contribution in [1.29, 1.82) is 0 Å². The van der Waals surface area contributed by atoms with Crippen LogP contribution < -0.4 is 24.2 Å². The Morgan fingerprint density at radius 1 is 1.12 bits per heavy atom. The highest BCUT2D eigenvalue weighted by Gasteiger charge is 2.49. The van der Waals surface area contributed by atoms with Gasteiger partial charge in [-0.25, -0.2) is 13.2 Å². The Morgan fingerprint density at radius 2 is 1.81 bits per heavy atom. The first-order valence-electron chi connectivity index (χ1n) is 10.2. The van der Waals surface area contributed by atoms with Crippen LogP contribution in [-0.2, 0) is 22.1 Å². The Balaban J connectivity index is 1.68. The molecule has 9 nitrogen and oxygen atoms in total. The Kier molecular flexibility index (Phi) is 5.46. The minimum absolute atomic E-state index is 0.0740. The molecular weight excluding hydrogens is 434 g/mol. The summed E-state index contributed by atoms with van der Waals surface area (Å²) in [6.07, 6.45) is 1.61. The van der Waals surface area contributed by atoms with E-state index in [0.717, 1.165) is 17.6 Å². The molecule has 2 aromatic rings. The average Bonchev–Trinajstić information content (AvgIpc) is 3.20. The van der Waals surface area contributed by atoms with Gasteiger partial charge in [0.25, 0.3) is 0 Å². The van der Waals surface area contributed by atoms with Gasteiger partial charge in [0.2, 0.25) is 15.8 Å². The fourth-order valence-electron chi connectivity index (χ4n) is 4.09. The van der Waals surface area contributed by atoms with Crippen molar-refractivity contribution in [2.45, 2.75) is 31.7 Å². The van der Waals surface area contributed by atoms with E-state index in [1.54, 1.807) is 39.2 Å². The van der Waals surface area contributed by atoms with E-state index < -0.39 is 21.5 Å². The first-order chi connectivity index (χ1) is 15.0. The summed E-state index contributed by atoms with van der Waals surface area (Å²) in [6.45, 7) is 3.95. The van der Waals surface area contributed by atoms with E-state index in [1.165, 1.54) is 4.90 Å². The molecule has 2 N–H and O–H groups in total. The summed E-state index contributed by atoms with van der Waals surface area (Å²) in [4.78, 5) is 14.3. The topological polar surface area (TPSA) is 106 Å². The van der Waals surface area contributed by atoms with Crippen LogP contribution in [0, 0.1) is 0 Å². The molecule has 0 aliphatic carbocycles. The van der Waals surface area contributed by atoms with Crippen LogP contribution >= 0.6 is 0 Å². The first-order valence-corrected chi connectivity index (χ1v) is 12.1. The Bertz CT molecular complexity index is 1130. The summed E-state index contributed by atoms with van der Waals surface area (Å²) in [7, 11) is -2.07. The number of urea groups is 1. The molecule has 2 heterocycles. The molecule has 2 aliphatic rings. The standard InChI is InChI=1S/C22H27N3O6S/c1-21(2)30-18-10-7-16(13-19(18)31-21)22(24-32(4,27)28)14-23-20(26)25(22)12-11-15-5-8-17(29-3)9-6-15/h5-10,13,24H,11-12,14H2,1-4H3,(H,23,26). The third kappa shape index (κ3) is 4.33. The number of carbonyl (C=O) groups is 1. The van der Waals surface area contributed by atoms with E-state index in [2.05, 4.69) is 10.0 Å². The number of sulfonamides is 1. The summed E-state index contributed by atoms with van der Waals surface area (Å²) >= 11 is 0. The van der Waals surface area contributed by atoms with Crippen LogP contribution in [0.4, 0.5) is 4.79 Å². The van der Waals surface area contributed by atoms with E-state index in [9.17, 15) is 13.2 Å². The maximum absolute atomic E-state index is 12.8. The van der Waals surface area contributed by atoms with E-state index in [4.69, 9.17) is 14.2 Å². The van der Waals surface area contributed by atoms with E-state index in [-0.39, 0.29) is 12.6 Å². The van der Waals surface area contributed by atoms with Gasteiger partial charge in [0.1, 0.15) is 5.75 Å². The molecule has 2 aliphatic heterocycles. The van der Waals surface area contributed by atoms with Gasteiger partial charge in [-0.3, -0.25) is 4.90 Å². The second-order valence-corrected chi connectivity index (χ2v) is 10.2. The van der Waals surface area contributed by atoms with E-state index in [1.807, 2.05) is 24.3 Å². The van der Waals surface area contributed by atoms with E-state index >= 15 is 0 Å². The third-order valence-corrected chi connectivity index (χ3v) is 6.18. The molecule has 32 heavy (non-hydrogen) atoms. The van der Waals surface area contributed by atoms with Crippen LogP contribution in [0.15, 0.2) is 42.5 Å². The highest BCUT2D eigenvalue weighted by molar-refractivity contribution is 7.88. The van der Waals surface area contributed by atoms with Crippen molar-refractivity contribution in [2.24, 2.45) is 0 Å². The molecule has 0 radical (unpaired) electrons. The average molecular weight is 462 g/mol. The minimum atomic E-state index is -3.67. The zero-order chi connectivity index (χ0) is 23.1. The van der Waals surface area contributed by atoms with Gasteiger partial charge in [0.05, 0.1) is 19.9 Å².